The topological polar surface area (TPSA) is 58.6 Å². The lowest BCUT2D eigenvalue weighted by molar-refractivity contribution is -0.147. The van der Waals surface area contributed by atoms with Gasteiger partial charge in [0.05, 0.1) is 25.6 Å². The number of methoxy groups -OCH3 is 1. The van der Waals surface area contributed by atoms with Gasteiger partial charge >= 0.3 is 5.97 Å². The number of rotatable bonds is 4. The maximum atomic E-state index is 12.4. The lowest BCUT2D eigenvalue weighted by Crippen LogP contribution is -2.44. The van der Waals surface area contributed by atoms with Crippen LogP contribution in [0.3, 0.4) is 0 Å². The van der Waals surface area contributed by atoms with Crippen LogP contribution in [0.5, 0.6) is 0 Å². The van der Waals surface area contributed by atoms with Gasteiger partial charge in [0.2, 0.25) is 5.91 Å². The number of carbonyl (C=O) groups excluding carboxylic acids is 2. The Bertz CT molecular complexity index is 594. The number of likely N-dealkylation sites (tertiary alicyclic amines) is 1. The van der Waals surface area contributed by atoms with E-state index in [1.54, 1.807) is 0 Å². The number of ether oxygens (including phenoxy) is 1. The van der Waals surface area contributed by atoms with E-state index in [4.69, 9.17) is 4.74 Å². The highest BCUT2D eigenvalue weighted by Gasteiger charge is 2.27. The van der Waals surface area contributed by atoms with Crippen molar-refractivity contribution in [1.29, 1.82) is 0 Å². The molecular formula is C19H26N2O3. The molecule has 1 aliphatic carbocycles. The summed E-state index contributed by atoms with van der Waals surface area (Å²) in [4.78, 5) is 26.1. The number of esters is 1. The Morgan fingerprint density at radius 2 is 1.96 bits per heavy atom. The third-order valence-corrected chi connectivity index (χ3v) is 5.19. The third kappa shape index (κ3) is 3.96. The van der Waals surface area contributed by atoms with E-state index in [1.807, 2.05) is 6.07 Å². The fraction of sp³-hybridized carbons (Fsp3) is 0.579. The van der Waals surface area contributed by atoms with Crippen LogP contribution >= 0.6 is 0 Å². The molecule has 2 aliphatic rings. The molecule has 1 heterocycles. The van der Waals surface area contributed by atoms with Crippen LogP contribution in [0.2, 0.25) is 0 Å². The number of hydrogen-bond acceptors (Lipinski definition) is 4. The van der Waals surface area contributed by atoms with Gasteiger partial charge in [-0.25, -0.2) is 0 Å². The normalized spacial score (nSPS) is 21.8. The summed E-state index contributed by atoms with van der Waals surface area (Å²) in [6, 6.07) is 8.53. The fourth-order valence-electron chi connectivity index (χ4n) is 3.84. The summed E-state index contributed by atoms with van der Waals surface area (Å²) in [5.41, 5.74) is 2.62. The Morgan fingerprint density at radius 3 is 2.71 bits per heavy atom. The average molecular weight is 330 g/mol. The van der Waals surface area contributed by atoms with Crippen LogP contribution in [0.1, 0.15) is 42.9 Å². The van der Waals surface area contributed by atoms with Crippen LogP contribution in [0.4, 0.5) is 0 Å². The van der Waals surface area contributed by atoms with Crippen LogP contribution in [0.15, 0.2) is 24.3 Å². The maximum Gasteiger partial charge on any atom is 0.308 e. The molecule has 1 aromatic rings. The van der Waals surface area contributed by atoms with Crippen molar-refractivity contribution < 1.29 is 14.3 Å². The zero-order valence-corrected chi connectivity index (χ0v) is 14.3. The molecule has 0 bridgehead atoms. The molecule has 3 rings (SSSR count). The Balaban J connectivity index is 1.50. The summed E-state index contributed by atoms with van der Waals surface area (Å²) in [6.45, 7) is 1.95. The molecular weight excluding hydrogens is 304 g/mol. The van der Waals surface area contributed by atoms with E-state index in [1.165, 1.54) is 18.2 Å². The predicted octanol–water partition coefficient (Wildman–Crippen LogP) is 2.07. The Labute approximate surface area is 143 Å². The molecule has 0 radical (unpaired) electrons. The number of fused-ring (bicyclic) bond motifs is 1. The quantitative estimate of drug-likeness (QED) is 0.859. The van der Waals surface area contributed by atoms with Crippen molar-refractivity contribution in [1.82, 2.24) is 10.2 Å². The second kappa shape index (κ2) is 7.79. The van der Waals surface area contributed by atoms with Crippen molar-refractivity contribution >= 4 is 11.9 Å². The van der Waals surface area contributed by atoms with Gasteiger partial charge in [0, 0.05) is 0 Å². The van der Waals surface area contributed by atoms with Gasteiger partial charge in [0.25, 0.3) is 0 Å². The van der Waals surface area contributed by atoms with Crippen LogP contribution < -0.4 is 5.32 Å². The number of carbonyl (C=O) groups is 2. The van der Waals surface area contributed by atoms with E-state index < -0.39 is 0 Å². The molecule has 1 N–H and O–H groups in total. The summed E-state index contributed by atoms with van der Waals surface area (Å²) in [7, 11) is 1.43. The zero-order chi connectivity index (χ0) is 16.9. The molecule has 1 aliphatic heterocycles. The first kappa shape index (κ1) is 17.0. The molecule has 0 saturated carbocycles. The molecule has 1 fully saturated rings. The van der Waals surface area contributed by atoms with E-state index in [9.17, 15) is 9.59 Å². The minimum absolute atomic E-state index is 0.0143. The Hall–Kier alpha value is -1.88. The first-order valence-electron chi connectivity index (χ1n) is 8.84. The fourth-order valence-corrected chi connectivity index (χ4v) is 3.84. The van der Waals surface area contributed by atoms with Gasteiger partial charge in [0.15, 0.2) is 0 Å². The minimum Gasteiger partial charge on any atom is -0.469 e. The van der Waals surface area contributed by atoms with Gasteiger partial charge in [-0.05, 0) is 56.3 Å². The smallest absolute Gasteiger partial charge is 0.308 e. The van der Waals surface area contributed by atoms with Gasteiger partial charge in [-0.15, -0.1) is 0 Å². The van der Waals surface area contributed by atoms with Gasteiger partial charge in [-0.1, -0.05) is 24.3 Å². The van der Waals surface area contributed by atoms with Crippen LogP contribution in [-0.4, -0.2) is 43.5 Å². The van der Waals surface area contributed by atoms with Crippen molar-refractivity contribution in [2.75, 3.05) is 26.7 Å². The molecule has 1 amide bonds. The van der Waals surface area contributed by atoms with E-state index in [0.29, 0.717) is 6.54 Å². The molecule has 1 atom stereocenters. The number of nitrogens with one attached hydrogen (secondary N) is 1. The van der Waals surface area contributed by atoms with Crippen LogP contribution in [0.25, 0.3) is 0 Å². The van der Waals surface area contributed by atoms with Crippen molar-refractivity contribution in [3.8, 4) is 0 Å². The first-order valence-corrected chi connectivity index (χ1v) is 8.84. The van der Waals surface area contributed by atoms with Gasteiger partial charge in [-0.3, -0.25) is 14.5 Å². The molecule has 24 heavy (non-hydrogen) atoms. The van der Waals surface area contributed by atoms with Crippen LogP contribution in [0, 0.1) is 5.92 Å². The Kier molecular flexibility index (Phi) is 5.51. The highest BCUT2D eigenvalue weighted by Crippen LogP contribution is 2.29. The number of piperidine rings is 1. The molecule has 1 saturated heterocycles. The van der Waals surface area contributed by atoms with E-state index in [0.717, 1.165) is 45.2 Å². The van der Waals surface area contributed by atoms with Crippen molar-refractivity contribution in [3.63, 3.8) is 0 Å². The summed E-state index contributed by atoms with van der Waals surface area (Å²) in [6.07, 6.45) is 4.77. The minimum atomic E-state index is -0.127. The lowest BCUT2D eigenvalue weighted by Gasteiger charge is -2.31. The number of aryl methyl sites for hydroxylation is 1. The summed E-state index contributed by atoms with van der Waals surface area (Å²) in [5.74, 6) is -0.0642. The summed E-state index contributed by atoms with van der Waals surface area (Å²) >= 11 is 0. The molecule has 5 nitrogen and oxygen atoms in total. The largest absolute Gasteiger partial charge is 0.469 e. The molecule has 0 aromatic heterocycles. The van der Waals surface area contributed by atoms with Gasteiger partial charge < -0.3 is 10.1 Å². The highest BCUT2D eigenvalue weighted by molar-refractivity contribution is 5.78. The average Bonchev–Trinajstić information content (AvgIpc) is 2.62. The number of nitrogens with zero attached hydrogens (tertiary/aromatic N) is 1. The number of amides is 1. The van der Waals surface area contributed by atoms with Gasteiger partial charge in [-0.2, -0.15) is 0 Å². The third-order valence-electron chi connectivity index (χ3n) is 5.19. The zero-order valence-electron chi connectivity index (χ0n) is 14.3. The lowest BCUT2D eigenvalue weighted by atomic mass is 9.88. The summed E-state index contributed by atoms with van der Waals surface area (Å²) in [5, 5.41) is 3.20. The molecule has 5 heteroatoms. The first-order chi connectivity index (χ1) is 11.7. The van der Waals surface area contributed by atoms with Crippen LogP contribution in [-0.2, 0) is 20.7 Å². The maximum absolute atomic E-state index is 12.4. The van der Waals surface area contributed by atoms with E-state index in [-0.39, 0.29) is 23.8 Å². The van der Waals surface area contributed by atoms with Crippen molar-refractivity contribution in [3.05, 3.63) is 35.4 Å². The monoisotopic (exact) mass is 330 g/mol. The number of hydrogen-bond donors (Lipinski definition) is 1. The van der Waals surface area contributed by atoms with E-state index in [2.05, 4.69) is 28.4 Å². The second-order valence-electron chi connectivity index (χ2n) is 6.78. The number of benzene rings is 1. The summed E-state index contributed by atoms with van der Waals surface area (Å²) < 4.78 is 4.80. The molecule has 1 aromatic carbocycles. The predicted molar refractivity (Wildman–Crippen MR) is 91.4 cm³/mol. The molecule has 0 spiro atoms. The van der Waals surface area contributed by atoms with Gasteiger partial charge in [0.1, 0.15) is 0 Å². The molecule has 130 valence electrons. The highest BCUT2D eigenvalue weighted by atomic mass is 16.5. The van der Waals surface area contributed by atoms with E-state index >= 15 is 0 Å². The Morgan fingerprint density at radius 1 is 1.21 bits per heavy atom. The van der Waals surface area contributed by atoms with Crippen molar-refractivity contribution in [2.24, 2.45) is 5.92 Å². The molecule has 0 unspecified atom stereocenters. The standard InChI is InChI=1S/C19H26N2O3/c1-24-19(23)15-9-11-21(12-10-15)13-18(22)20-17-8-4-6-14-5-2-3-7-16(14)17/h2-3,5,7,15,17H,4,6,8-13H2,1H3,(H,20,22)/t17-/m0/s1. The SMILES string of the molecule is COC(=O)C1CCN(CC(=O)N[C@H]2CCCc3ccccc32)CC1. The van der Waals surface area contributed by atoms with Crippen molar-refractivity contribution in [2.45, 2.75) is 38.1 Å². The second-order valence-corrected chi connectivity index (χ2v) is 6.78.